The molecule has 1 fully saturated rings. The molecule has 0 heterocycles. The maximum Gasteiger partial charge on any atom is 0.287 e. The van der Waals surface area contributed by atoms with Gasteiger partial charge in [-0.3, -0.25) is 9.59 Å². The topological polar surface area (TPSA) is 72.2 Å². The van der Waals surface area contributed by atoms with Gasteiger partial charge in [0.1, 0.15) is 0 Å². The van der Waals surface area contributed by atoms with Crippen LogP contribution in [0.5, 0.6) is 0 Å². The summed E-state index contributed by atoms with van der Waals surface area (Å²) in [4.78, 5) is 22.1. The molecule has 0 spiro atoms. The van der Waals surface area contributed by atoms with Crippen molar-refractivity contribution in [3.05, 3.63) is 0 Å². The Kier molecular flexibility index (Phi) is 7.02. The second-order valence-corrected chi connectivity index (χ2v) is 3.27. The van der Waals surface area contributed by atoms with E-state index in [9.17, 15) is 9.59 Å². The van der Waals surface area contributed by atoms with E-state index in [2.05, 4.69) is 11.1 Å². The van der Waals surface area contributed by atoms with Gasteiger partial charge in [-0.05, 0) is 26.3 Å². The Labute approximate surface area is 85.2 Å². The molecule has 1 aliphatic rings. The van der Waals surface area contributed by atoms with Crippen molar-refractivity contribution >= 4 is 11.7 Å². The van der Waals surface area contributed by atoms with E-state index in [0.29, 0.717) is 12.5 Å². The summed E-state index contributed by atoms with van der Waals surface area (Å²) in [6.07, 6.45) is 4.24. The van der Waals surface area contributed by atoms with Crippen LogP contribution in [0.2, 0.25) is 0 Å². The molecule has 1 rings (SSSR count). The highest BCUT2D eigenvalue weighted by Gasteiger charge is 2.25. The molecule has 0 bridgehead atoms. The largest absolute Gasteiger partial charge is 0.347 e. The highest BCUT2D eigenvalue weighted by molar-refractivity contribution is 6.36. The van der Waals surface area contributed by atoms with Crippen LogP contribution in [0.4, 0.5) is 0 Å². The van der Waals surface area contributed by atoms with Gasteiger partial charge in [0.15, 0.2) is 0 Å². The maximum absolute atomic E-state index is 11.1. The minimum Gasteiger partial charge on any atom is -0.347 e. The lowest BCUT2D eigenvalue weighted by atomic mass is 10.2. The number of unbranched alkanes of at least 4 members (excludes halogenated alkanes) is 1. The number of rotatable bonds is 5. The quantitative estimate of drug-likeness (QED) is 0.638. The van der Waals surface area contributed by atoms with Crippen molar-refractivity contribution in [1.82, 2.24) is 5.32 Å². The van der Waals surface area contributed by atoms with Crippen molar-refractivity contribution in [3.8, 4) is 0 Å². The summed E-state index contributed by atoms with van der Waals surface area (Å²) >= 11 is 0. The summed E-state index contributed by atoms with van der Waals surface area (Å²) in [5.41, 5.74) is 4.50. The second kappa shape index (κ2) is 7.50. The smallest absolute Gasteiger partial charge is 0.287 e. The molecule has 14 heavy (non-hydrogen) atoms. The van der Waals surface area contributed by atoms with Crippen LogP contribution < -0.4 is 11.1 Å². The first-order valence-corrected chi connectivity index (χ1v) is 5.15. The van der Waals surface area contributed by atoms with Crippen molar-refractivity contribution < 1.29 is 9.59 Å². The van der Waals surface area contributed by atoms with Crippen molar-refractivity contribution in [1.29, 1.82) is 0 Å². The molecule has 0 aromatic carbocycles. The molecule has 0 unspecified atom stereocenters. The minimum absolute atomic E-state index is 0.260. The number of nitrogens with two attached hydrogens (primary N) is 1. The van der Waals surface area contributed by atoms with E-state index in [4.69, 9.17) is 0 Å². The van der Waals surface area contributed by atoms with Gasteiger partial charge < -0.3 is 11.1 Å². The molecule has 0 aliphatic heterocycles. The normalized spacial score (nSPS) is 13.9. The van der Waals surface area contributed by atoms with Gasteiger partial charge in [-0.15, -0.1) is 0 Å². The molecule has 1 saturated carbocycles. The van der Waals surface area contributed by atoms with Crippen molar-refractivity contribution in [2.24, 2.45) is 5.73 Å². The van der Waals surface area contributed by atoms with Gasteiger partial charge in [0.05, 0.1) is 0 Å². The van der Waals surface area contributed by atoms with E-state index in [1.807, 2.05) is 6.92 Å². The van der Waals surface area contributed by atoms with Crippen LogP contribution in [-0.4, -0.2) is 24.8 Å². The summed E-state index contributed by atoms with van der Waals surface area (Å²) in [7, 11) is 1.50. The third-order valence-electron chi connectivity index (χ3n) is 1.92. The number of carbonyl (C=O) groups is 2. The van der Waals surface area contributed by atoms with Crippen LogP contribution in [0.25, 0.3) is 0 Å². The van der Waals surface area contributed by atoms with Gasteiger partial charge >= 0.3 is 0 Å². The number of ketones is 1. The summed E-state index contributed by atoms with van der Waals surface area (Å²) in [5.74, 6) is -0.644. The summed E-state index contributed by atoms with van der Waals surface area (Å²) in [6, 6.07) is 0.295. The second-order valence-electron chi connectivity index (χ2n) is 3.27. The molecular weight excluding hydrogens is 180 g/mol. The molecule has 0 aromatic rings. The lowest BCUT2D eigenvalue weighted by Gasteiger charge is -2.00. The highest BCUT2D eigenvalue weighted by Crippen LogP contribution is 2.18. The molecule has 0 saturated heterocycles. The predicted molar refractivity (Wildman–Crippen MR) is 55.8 cm³/mol. The van der Waals surface area contributed by atoms with Gasteiger partial charge in [0, 0.05) is 12.5 Å². The van der Waals surface area contributed by atoms with E-state index in [1.54, 1.807) is 0 Å². The fourth-order valence-corrected chi connectivity index (χ4v) is 0.944. The zero-order valence-electron chi connectivity index (χ0n) is 9.01. The van der Waals surface area contributed by atoms with E-state index >= 15 is 0 Å². The van der Waals surface area contributed by atoms with Crippen LogP contribution in [0, 0.1) is 0 Å². The number of carbonyl (C=O) groups excluding carboxylic acids is 2. The Balaban J connectivity index is 0.000000791. The van der Waals surface area contributed by atoms with Crippen LogP contribution >= 0.6 is 0 Å². The fourth-order valence-electron chi connectivity index (χ4n) is 0.944. The van der Waals surface area contributed by atoms with Crippen LogP contribution in [0.15, 0.2) is 0 Å². The summed E-state index contributed by atoms with van der Waals surface area (Å²) < 4.78 is 0. The van der Waals surface area contributed by atoms with Gasteiger partial charge in [-0.1, -0.05) is 13.3 Å². The predicted octanol–water partition coefficient (Wildman–Crippen LogP) is 0.599. The van der Waals surface area contributed by atoms with Crippen LogP contribution in [0.3, 0.4) is 0 Å². The molecule has 82 valence electrons. The van der Waals surface area contributed by atoms with Crippen molar-refractivity contribution in [2.45, 2.75) is 45.1 Å². The average molecular weight is 200 g/mol. The Hall–Kier alpha value is -0.900. The molecular formula is C10H20N2O2. The van der Waals surface area contributed by atoms with E-state index in [0.717, 1.165) is 25.7 Å². The molecule has 4 nitrogen and oxygen atoms in total. The number of hydrogen-bond donors (Lipinski definition) is 2. The Morgan fingerprint density at radius 2 is 1.93 bits per heavy atom. The monoisotopic (exact) mass is 200 g/mol. The Morgan fingerprint density at radius 1 is 1.36 bits per heavy atom. The van der Waals surface area contributed by atoms with E-state index in [1.165, 1.54) is 7.05 Å². The van der Waals surface area contributed by atoms with Gasteiger partial charge in [0.25, 0.3) is 5.91 Å². The highest BCUT2D eigenvalue weighted by atomic mass is 16.2. The summed E-state index contributed by atoms with van der Waals surface area (Å²) in [6.45, 7) is 2.01. The molecule has 0 radical (unpaired) electrons. The number of nitrogens with one attached hydrogen (secondary N) is 1. The molecule has 0 atom stereocenters. The van der Waals surface area contributed by atoms with Crippen LogP contribution in [-0.2, 0) is 9.59 Å². The van der Waals surface area contributed by atoms with Crippen LogP contribution in [0.1, 0.15) is 39.0 Å². The molecule has 1 aliphatic carbocycles. The SMILES string of the molecule is CCCCC(=O)C(=O)NC1CC1.CN. The zero-order valence-corrected chi connectivity index (χ0v) is 9.01. The van der Waals surface area contributed by atoms with Gasteiger partial charge in [0.2, 0.25) is 5.78 Å². The molecule has 3 N–H and O–H groups in total. The van der Waals surface area contributed by atoms with E-state index < -0.39 is 0 Å². The van der Waals surface area contributed by atoms with Crippen molar-refractivity contribution in [3.63, 3.8) is 0 Å². The first kappa shape index (κ1) is 13.1. The van der Waals surface area contributed by atoms with Gasteiger partial charge in [-0.25, -0.2) is 0 Å². The number of Topliss-reactive ketones (excluding diaryl/α,β-unsaturated/α-hetero) is 1. The standard InChI is InChI=1S/C9H15NO2.CH5N/c1-2-3-4-8(11)9(12)10-7-5-6-7;1-2/h7H,2-6H2,1H3,(H,10,12);2H2,1H3. The van der Waals surface area contributed by atoms with Gasteiger partial charge in [-0.2, -0.15) is 0 Å². The zero-order chi connectivity index (χ0) is 11.0. The third-order valence-corrected chi connectivity index (χ3v) is 1.92. The number of hydrogen-bond acceptors (Lipinski definition) is 3. The molecule has 1 amide bonds. The first-order valence-electron chi connectivity index (χ1n) is 5.15. The lowest BCUT2D eigenvalue weighted by molar-refractivity contribution is -0.138. The molecule has 4 heteroatoms. The average Bonchev–Trinajstić information content (AvgIpc) is 3.01. The maximum atomic E-state index is 11.1. The number of amides is 1. The minimum atomic E-state index is -0.383. The Bertz CT molecular complexity index is 189. The third kappa shape index (κ3) is 5.70. The summed E-state index contributed by atoms with van der Waals surface area (Å²) in [5, 5.41) is 2.67. The van der Waals surface area contributed by atoms with Crippen molar-refractivity contribution in [2.75, 3.05) is 7.05 Å². The van der Waals surface area contributed by atoms with E-state index in [-0.39, 0.29) is 11.7 Å². The molecule has 0 aromatic heterocycles. The Morgan fingerprint density at radius 3 is 2.36 bits per heavy atom. The lowest BCUT2D eigenvalue weighted by Crippen LogP contribution is -2.32. The fraction of sp³-hybridized carbons (Fsp3) is 0.800. The first-order chi connectivity index (χ1) is 6.74.